The van der Waals surface area contributed by atoms with Crippen LogP contribution in [0.3, 0.4) is 0 Å². The van der Waals surface area contributed by atoms with E-state index in [1.54, 1.807) is 6.07 Å². The Labute approximate surface area is 122 Å². The van der Waals surface area contributed by atoms with Crippen LogP contribution in [0.25, 0.3) is 4.85 Å². The molecule has 1 aliphatic heterocycles. The predicted molar refractivity (Wildman–Crippen MR) is 74.1 cm³/mol. The summed E-state index contributed by atoms with van der Waals surface area (Å²) in [6.45, 7) is 13.2. The molecule has 2 rings (SSSR count). The van der Waals surface area contributed by atoms with Crippen molar-refractivity contribution in [1.82, 2.24) is 9.78 Å². The molecular weight excluding hydrogens is 300 g/mol. The van der Waals surface area contributed by atoms with E-state index in [1.165, 1.54) is 4.68 Å². The molecule has 0 fully saturated rings. The van der Waals surface area contributed by atoms with Crippen molar-refractivity contribution >= 4 is 36.5 Å². The number of rotatable bonds is 3. The van der Waals surface area contributed by atoms with Crippen LogP contribution in [0, 0.1) is 6.57 Å². The summed E-state index contributed by atoms with van der Waals surface area (Å²) in [4.78, 5) is 12.4. The Kier molecular flexibility index (Phi) is 3.82. The van der Waals surface area contributed by atoms with Crippen LogP contribution in [0.4, 0.5) is 5.82 Å². The Morgan fingerprint density at radius 1 is 1.53 bits per heavy atom. The van der Waals surface area contributed by atoms with Gasteiger partial charge in [-0.2, -0.15) is 0 Å². The van der Waals surface area contributed by atoms with Crippen molar-refractivity contribution in [2.45, 2.75) is 39.2 Å². The molecule has 0 spiro atoms. The van der Waals surface area contributed by atoms with Crippen LogP contribution >= 0.6 is 0 Å². The predicted octanol–water partition coefficient (Wildman–Crippen LogP) is 2.13. The molecule has 0 atom stereocenters. The summed E-state index contributed by atoms with van der Waals surface area (Å²) in [5.74, 6) is 1.28. The van der Waals surface area contributed by atoms with Crippen molar-refractivity contribution in [3.8, 4) is 5.88 Å². The van der Waals surface area contributed by atoms with E-state index in [1.807, 2.05) is 13.8 Å². The summed E-state index contributed by atoms with van der Waals surface area (Å²) in [6.07, 6.45) is 1.93. The fraction of sp³-hybridized carbons (Fsp3) is 0.500. The molecule has 0 saturated heterocycles. The number of nitrogens with zero attached hydrogens (tertiary/aromatic N) is 5. The first-order chi connectivity index (χ1) is 9.01. The van der Waals surface area contributed by atoms with Gasteiger partial charge in [-0.3, -0.25) is 0 Å². The minimum absolute atomic E-state index is 0.285. The molecule has 0 saturated carbocycles. The summed E-state index contributed by atoms with van der Waals surface area (Å²) in [5, 5.41) is 4.15. The van der Waals surface area contributed by atoms with Gasteiger partial charge in [0.1, 0.15) is 0 Å². The Morgan fingerprint density at radius 3 is 2.84 bits per heavy atom. The Bertz CT molecular complexity index is 594. The van der Waals surface area contributed by atoms with E-state index >= 15 is 0 Å². The molecule has 1 aromatic heterocycles. The molecule has 1 aliphatic rings. The van der Waals surface area contributed by atoms with Crippen molar-refractivity contribution < 1.29 is 3.53 Å². The van der Waals surface area contributed by atoms with Gasteiger partial charge >= 0.3 is 122 Å². The first-order valence-corrected chi connectivity index (χ1v) is 7.03. The van der Waals surface area contributed by atoms with Crippen LogP contribution < -0.4 is 3.53 Å². The van der Waals surface area contributed by atoms with Crippen molar-refractivity contribution in [3.63, 3.8) is 0 Å². The summed E-state index contributed by atoms with van der Waals surface area (Å²) >= 11 is 1.09. The first-order valence-electron chi connectivity index (χ1n) is 6.04. The molecule has 7 heteroatoms. The maximum absolute atomic E-state index is 7.01. The van der Waals surface area contributed by atoms with Gasteiger partial charge in [-0.15, -0.1) is 0 Å². The number of aromatic nitrogens is 2. The van der Waals surface area contributed by atoms with Crippen molar-refractivity contribution in [2.24, 2.45) is 9.98 Å². The van der Waals surface area contributed by atoms with E-state index in [-0.39, 0.29) is 11.4 Å². The zero-order valence-corrected chi connectivity index (χ0v) is 13.6. The van der Waals surface area contributed by atoms with Gasteiger partial charge < -0.3 is 0 Å². The molecule has 19 heavy (non-hydrogen) atoms. The van der Waals surface area contributed by atoms with Gasteiger partial charge in [0.25, 0.3) is 0 Å². The normalized spacial score (nSPS) is 16.7. The second-order valence-electron chi connectivity index (χ2n) is 4.76. The van der Waals surface area contributed by atoms with Gasteiger partial charge in [-0.25, -0.2) is 0 Å². The van der Waals surface area contributed by atoms with E-state index in [0.29, 0.717) is 11.8 Å². The molecule has 0 amide bonds. The molecule has 6 nitrogen and oxygen atoms in total. The van der Waals surface area contributed by atoms with Crippen molar-refractivity contribution in [1.29, 1.82) is 0 Å². The van der Waals surface area contributed by atoms with Gasteiger partial charge in [0.05, 0.1) is 0 Å². The van der Waals surface area contributed by atoms with E-state index in [4.69, 9.17) is 10.1 Å². The second kappa shape index (κ2) is 5.23. The maximum atomic E-state index is 7.01. The molecule has 0 unspecified atom stereocenters. The van der Waals surface area contributed by atoms with Gasteiger partial charge in [-0.05, 0) is 0 Å². The number of hydrogen-bond acceptors (Lipinski definition) is 4. The standard InChI is InChI=1S/C12H15N5O.Ga/c1-5-6-8-12(2,3)15-11(14-8)17-10(18)7-9(13-4)16-17;/h7,18H,5-6H2,1-3H3;/q;+1/p-1. The van der Waals surface area contributed by atoms with Gasteiger partial charge in [-0.1, -0.05) is 0 Å². The Balaban J connectivity index is 2.44. The summed E-state index contributed by atoms with van der Waals surface area (Å²) in [6, 6.07) is 1.59. The zero-order chi connectivity index (χ0) is 14.0. The molecule has 2 heterocycles. The summed E-state index contributed by atoms with van der Waals surface area (Å²) in [5.41, 5.74) is 0.726. The van der Waals surface area contributed by atoms with Crippen LogP contribution in [-0.4, -0.2) is 46.0 Å². The molecule has 1 aromatic rings. The topological polar surface area (TPSA) is 56.1 Å². The third-order valence-corrected chi connectivity index (χ3v) is 3.40. The molecule has 0 aliphatic carbocycles. The quantitative estimate of drug-likeness (QED) is 0.634. The van der Waals surface area contributed by atoms with Crippen LogP contribution in [-0.2, 0) is 0 Å². The van der Waals surface area contributed by atoms with Gasteiger partial charge in [0.2, 0.25) is 0 Å². The SMILES string of the molecule is [C-]#[N+]c1cc([O][Ga])n(C2=NC(C)(C)C(CCC)=N2)n1. The fourth-order valence-corrected chi connectivity index (χ4v) is 2.28. The molecule has 96 valence electrons. The average molecular weight is 314 g/mol. The molecule has 0 aromatic carbocycles. The third kappa shape index (κ3) is 2.60. The van der Waals surface area contributed by atoms with E-state index in [2.05, 4.69) is 26.9 Å². The summed E-state index contributed by atoms with van der Waals surface area (Å²) in [7, 11) is 0. The van der Waals surface area contributed by atoms with Gasteiger partial charge in [0.15, 0.2) is 0 Å². The molecule has 0 bridgehead atoms. The van der Waals surface area contributed by atoms with Crippen molar-refractivity contribution in [2.75, 3.05) is 0 Å². The minimum atomic E-state index is -0.314. The van der Waals surface area contributed by atoms with Crippen molar-refractivity contribution in [3.05, 3.63) is 17.5 Å². The van der Waals surface area contributed by atoms with Crippen LogP contribution in [0.5, 0.6) is 5.88 Å². The van der Waals surface area contributed by atoms with Gasteiger partial charge in [0, 0.05) is 0 Å². The monoisotopic (exact) mass is 313 g/mol. The first kappa shape index (κ1) is 13.9. The Morgan fingerprint density at radius 2 is 2.26 bits per heavy atom. The fourth-order valence-electron chi connectivity index (χ4n) is 1.92. The summed E-state index contributed by atoms with van der Waals surface area (Å²) < 4.78 is 6.77. The van der Waals surface area contributed by atoms with E-state index < -0.39 is 0 Å². The number of hydrogen-bond donors (Lipinski definition) is 0. The third-order valence-electron chi connectivity index (χ3n) is 2.90. The van der Waals surface area contributed by atoms with Crippen LogP contribution in [0.2, 0.25) is 0 Å². The molecule has 2 radical (unpaired) electrons. The average Bonchev–Trinajstić information content (AvgIpc) is 2.91. The molecular formula is C12H14GaN5O. The Hall–Kier alpha value is -1.52. The van der Waals surface area contributed by atoms with Crippen LogP contribution in [0.1, 0.15) is 33.6 Å². The number of aliphatic imine (C=N–C) groups is 2. The van der Waals surface area contributed by atoms with E-state index in [9.17, 15) is 0 Å². The second-order valence-corrected chi connectivity index (χ2v) is 5.26. The van der Waals surface area contributed by atoms with Crippen LogP contribution in [0.15, 0.2) is 16.1 Å². The van der Waals surface area contributed by atoms with E-state index in [0.717, 1.165) is 37.5 Å². The zero-order valence-electron chi connectivity index (χ0n) is 11.2. The molecule has 0 N–H and O–H groups in total.